The largest absolute Gasteiger partial charge is 0.445 e. The van der Waals surface area contributed by atoms with E-state index in [1.165, 1.54) is 0 Å². The van der Waals surface area contributed by atoms with E-state index in [-0.39, 0.29) is 19.8 Å². The third-order valence-corrected chi connectivity index (χ3v) is 4.69. The fourth-order valence-electron chi connectivity index (χ4n) is 2.74. The van der Waals surface area contributed by atoms with Gasteiger partial charge in [0.25, 0.3) is 0 Å². The molecule has 14 nitrogen and oxygen atoms in total. The number of carbonyl (C=O) groups is 1. The Kier molecular flexibility index (Phi) is 33.6. The fraction of sp³-hybridized carbons (Fsp3) is 0.750. The highest BCUT2D eigenvalue weighted by molar-refractivity contribution is 5.67. The molecule has 246 valence electrons. The molecule has 14 heteroatoms. The number of rotatable bonds is 29. The highest BCUT2D eigenvalue weighted by Gasteiger charge is 2.01. The molecule has 0 aliphatic carbocycles. The van der Waals surface area contributed by atoms with Crippen molar-refractivity contribution in [2.75, 3.05) is 132 Å². The van der Waals surface area contributed by atoms with Crippen LogP contribution in [0.4, 0.5) is 4.79 Å². The number of alkyl carbamates (subject to hydrolysis) is 1. The zero-order chi connectivity index (χ0) is 30.6. The van der Waals surface area contributed by atoms with Gasteiger partial charge in [0.2, 0.25) is 0 Å². The number of carbonyl (C=O) groups excluding carboxylic acids is 1. The Balaban J connectivity index is 0.000000903. The molecule has 0 saturated carbocycles. The van der Waals surface area contributed by atoms with Crippen LogP contribution in [0.2, 0.25) is 0 Å². The van der Waals surface area contributed by atoms with Crippen LogP contribution in [0.1, 0.15) is 5.56 Å². The second kappa shape index (κ2) is 35.2. The van der Waals surface area contributed by atoms with Crippen LogP contribution in [0.15, 0.2) is 30.3 Å². The van der Waals surface area contributed by atoms with Gasteiger partial charge in [0, 0.05) is 13.1 Å². The molecule has 0 aliphatic heterocycles. The molecule has 1 aromatic rings. The number of benzene rings is 1. The second-order valence-electron chi connectivity index (χ2n) is 8.12. The monoisotopic (exact) mass is 608 g/mol. The Bertz CT molecular complexity index is 647. The molecular formula is C28H52N2O12. The van der Waals surface area contributed by atoms with Gasteiger partial charge in [0.1, 0.15) is 6.61 Å². The Hall–Kier alpha value is -1.95. The van der Waals surface area contributed by atoms with E-state index < -0.39 is 6.09 Å². The Labute approximate surface area is 249 Å². The van der Waals surface area contributed by atoms with Gasteiger partial charge in [-0.15, -0.1) is 0 Å². The van der Waals surface area contributed by atoms with E-state index in [2.05, 4.69) is 5.32 Å². The lowest BCUT2D eigenvalue weighted by Crippen LogP contribution is -2.28. The third kappa shape index (κ3) is 32.6. The van der Waals surface area contributed by atoms with Crippen LogP contribution in [0.25, 0.3) is 0 Å². The average Bonchev–Trinajstić information content (AvgIpc) is 3.01. The summed E-state index contributed by atoms with van der Waals surface area (Å²) in [5, 5.41) is 19.6. The molecule has 0 fully saturated rings. The molecule has 0 heterocycles. The smallest absolute Gasteiger partial charge is 0.407 e. The SMILES string of the molecule is NCCOCCOCCOCCOCCO.O=C(NCCOCCOCCOCCOCCO)OCc1ccccc1. The summed E-state index contributed by atoms with van der Waals surface area (Å²) in [6.07, 6.45) is -0.464. The molecule has 1 rings (SSSR count). The van der Waals surface area contributed by atoms with Crippen molar-refractivity contribution in [2.45, 2.75) is 6.61 Å². The van der Waals surface area contributed by atoms with Crippen LogP contribution in [0, 0.1) is 0 Å². The van der Waals surface area contributed by atoms with E-state index in [1.54, 1.807) is 0 Å². The summed E-state index contributed by atoms with van der Waals surface area (Å²) in [5.74, 6) is 0. The molecule has 0 bridgehead atoms. The van der Waals surface area contributed by atoms with Gasteiger partial charge in [0.05, 0.1) is 119 Å². The lowest BCUT2D eigenvalue weighted by Gasteiger charge is -2.08. The number of hydrogen-bond donors (Lipinski definition) is 4. The number of nitrogens with one attached hydrogen (secondary N) is 1. The van der Waals surface area contributed by atoms with E-state index in [0.717, 1.165) is 5.56 Å². The molecule has 0 saturated heterocycles. The zero-order valence-electron chi connectivity index (χ0n) is 24.8. The van der Waals surface area contributed by atoms with Crippen LogP contribution in [0.5, 0.6) is 0 Å². The first-order chi connectivity index (χ1) is 20.7. The Morgan fingerprint density at radius 3 is 1.36 bits per heavy atom. The van der Waals surface area contributed by atoms with E-state index in [1.807, 2.05) is 30.3 Å². The Morgan fingerprint density at radius 1 is 0.571 bits per heavy atom. The van der Waals surface area contributed by atoms with E-state index in [0.29, 0.717) is 119 Å². The number of ether oxygens (including phenoxy) is 9. The zero-order valence-corrected chi connectivity index (χ0v) is 24.8. The van der Waals surface area contributed by atoms with Gasteiger partial charge >= 0.3 is 6.09 Å². The molecule has 1 amide bonds. The van der Waals surface area contributed by atoms with Gasteiger partial charge in [-0.25, -0.2) is 4.79 Å². The summed E-state index contributed by atoms with van der Waals surface area (Å²) >= 11 is 0. The minimum atomic E-state index is -0.464. The quantitative estimate of drug-likeness (QED) is 0.0893. The first-order valence-corrected chi connectivity index (χ1v) is 14.2. The highest BCUT2D eigenvalue weighted by Crippen LogP contribution is 2.00. The van der Waals surface area contributed by atoms with Crippen molar-refractivity contribution in [1.29, 1.82) is 0 Å². The van der Waals surface area contributed by atoms with Crippen molar-refractivity contribution in [3.63, 3.8) is 0 Å². The first kappa shape index (κ1) is 40.1. The van der Waals surface area contributed by atoms with Crippen LogP contribution >= 0.6 is 0 Å². The molecular weight excluding hydrogens is 556 g/mol. The van der Waals surface area contributed by atoms with Gasteiger partial charge in [-0.1, -0.05) is 30.3 Å². The van der Waals surface area contributed by atoms with Gasteiger partial charge < -0.3 is 63.9 Å². The minimum Gasteiger partial charge on any atom is -0.445 e. The van der Waals surface area contributed by atoms with Crippen molar-refractivity contribution < 1.29 is 57.6 Å². The summed E-state index contributed by atoms with van der Waals surface area (Å²) < 4.78 is 46.6. The van der Waals surface area contributed by atoms with Crippen molar-refractivity contribution in [3.05, 3.63) is 35.9 Å². The van der Waals surface area contributed by atoms with Gasteiger partial charge in [-0.05, 0) is 5.56 Å². The maximum atomic E-state index is 11.5. The summed E-state index contributed by atoms with van der Waals surface area (Å²) in [6, 6.07) is 9.49. The molecule has 0 aromatic heterocycles. The Morgan fingerprint density at radius 2 is 0.952 bits per heavy atom. The predicted molar refractivity (Wildman–Crippen MR) is 154 cm³/mol. The molecule has 5 N–H and O–H groups in total. The molecule has 0 spiro atoms. The average molecular weight is 609 g/mol. The van der Waals surface area contributed by atoms with Gasteiger partial charge in [-0.2, -0.15) is 0 Å². The predicted octanol–water partition coefficient (Wildman–Crippen LogP) is -0.0247. The number of amides is 1. The molecule has 0 aliphatic rings. The molecule has 0 unspecified atom stereocenters. The number of nitrogens with two attached hydrogens (primary N) is 1. The lowest BCUT2D eigenvalue weighted by atomic mass is 10.2. The van der Waals surface area contributed by atoms with Gasteiger partial charge in [-0.3, -0.25) is 0 Å². The molecule has 1 aromatic carbocycles. The first-order valence-electron chi connectivity index (χ1n) is 14.2. The normalized spacial score (nSPS) is 10.7. The third-order valence-electron chi connectivity index (χ3n) is 4.69. The number of aliphatic hydroxyl groups excluding tert-OH is 2. The topological polar surface area (TPSA) is 179 Å². The highest BCUT2D eigenvalue weighted by atomic mass is 16.6. The van der Waals surface area contributed by atoms with E-state index in [4.69, 9.17) is 58.6 Å². The standard InChI is InChI=1S/C18H29NO7.C10H23NO5/c20-7-9-23-11-13-25-15-14-24-12-10-22-8-6-19-18(21)26-16-17-4-2-1-3-5-17;11-1-3-13-5-7-15-9-10-16-8-6-14-4-2-12/h1-5,20H,6-16H2,(H,19,21);12H,1-11H2. The van der Waals surface area contributed by atoms with Crippen LogP contribution < -0.4 is 11.1 Å². The summed E-state index contributed by atoms with van der Waals surface area (Å²) in [6.45, 7) is 8.93. The van der Waals surface area contributed by atoms with Crippen LogP contribution in [-0.2, 0) is 49.2 Å². The summed E-state index contributed by atoms with van der Waals surface area (Å²) in [7, 11) is 0. The van der Waals surface area contributed by atoms with Crippen molar-refractivity contribution in [3.8, 4) is 0 Å². The van der Waals surface area contributed by atoms with E-state index >= 15 is 0 Å². The van der Waals surface area contributed by atoms with Crippen molar-refractivity contribution >= 4 is 6.09 Å². The van der Waals surface area contributed by atoms with Gasteiger partial charge in [0.15, 0.2) is 0 Å². The minimum absolute atomic E-state index is 0.0213. The number of hydrogen-bond acceptors (Lipinski definition) is 13. The summed E-state index contributed by atoms with van der Waals surface area (Å²) in [5.41, 5.74) is 6.19. The summed E-state index contributed by atoms with van der Waals surface area (Å²) in [4.78, 5) is 11.5. The maximum absolute atomic E-state index is 11.5. The van der Waals surface area contributed by atoms with E-state index in [9.17, 15) is 4.79 Å². The molecule has 0 atom stereocenters. The van der Waals surface area contributed by atoms with Crippen LogP contribution in [-0.4, -0.2) is 148 Å². The van der Waals surface area contributed by atoms with Crippen LogP contribution in [0.3, 0.4) is 0 Å². The van der Waals surface area contributed by atoms with Crippen molar-refractivity contribution in [1.82, 2.24) is 5.32 Å². The van der Waals surface area contributed by atoms with Crippen molar-refractivity contribution in [2.24, 2.45) is 5.73 Å². The fourth-order valence-corrected chi connectivity index (χ4v) is 2.74. The molecule has 42 heavy (non-hydrogen) atoms. The molecule has 0 radical (unpaired) electrons. The lowest BCUT2D eigenvalue weighted by molar-refractivity contribution is -0.00521. The maximum Gasteiger partial charge on any atom is 0.407 e. The number of aliphatic hydroxyl groups is 2. The second-order valence-corrected chi connectivity index (χ2v) is 8.12.